The van der Waals surface area contributed by atoms with Crippen LogP contribution in [0.5, 0.6) is 0 Å². The lowest BCUT2D eigenvalue weighted by atomic mass is 10.2. The summed E-state index contributed by atoms with van der Waals surface area (Å²) in [6.07, 6.45) is 0. The molecule has 0 bridgehead atoms. The molecule has 1 aromatic carbocycles. The molecule has 0 fully saturated rings. The standard InChI is InChI=1S/C13H12BrN3S/c1-17-10-5-4-8(14)7-9(10)16-13(17)12(15)11-3-2-6-18-11/h2-7,12H,15H2,1H3. The van der Waals surface area contributed by atoms with E-state index < -0.39 is 0 Å². The number of aryl methyl sites for hydroxylation is 1. The highest BCUT2D eigenvalue weighted by Gasteiger charge is 2.17. The van der Waals surface area contributed by atoms with Gasteiger partial charge in [0, 0.05) is 16.4 Å². The highest BCUT2D eigenvalue weighted by molar-refractivity contribution is 9.10. The molecule has 0 saturated heterocycles. The Labute approximate surface area is 117 Å². The molecule has 3 rings (SSSR count). The molecule has 0 aliphatic rings. The average Bonchev–Trinajstić information content (AvgIpc) is 2.97. The summed E-state index contributed by atoms with van der Waals surface area (Å²) in [4.78, 5) is 5.78. The highest BCUT2D eigenvalue weighted by Crippen LogP contribution is 2.27. The van der Waals surface area contributed by atoms with Gasteiger partial charge in [0.15, 0.2) is 0 Å². The van der Waals surface area contributed by atoms with Gasteiger partial charge in [-0.25, -0.2) is 4.98 Å². The van der Waals surface area contributed by atoms with Crippen LogP contribution in [0.2, 0.25) is 0 Å². The van der Waals surface area contributed by atoms with Crippen molar-refractivity contribution in [1.82, 2.24) is 9.55 Å². The van der Waals surface area contributed by atoms with Crippen molar-refractivity contribution in [1.29, 1.82) is 0 Å². The number of hydrogen-bond acceptors (Lipinski definition) is 3. The fraction of sp³-hybridized carbons (Fsp3) is 0.154. The van der Waals surface area contributed by atoms with Gasteiger partial charge >= 0.3 is 0 Å². The van der Waals surface area contributed by atoms with Crippen molar-refractivity contribution < 1.29 is 0 Å². The van der Waals surface area contributed by atoms with Gasteiger partial charge in [0.25, 0.3) is 0 Å². The number of fused-ring (bicyclic) bond motifs is 1. The minimum absolute atomic E-state index is 0.166. The largest absolute Gasteiger partial charge is 0.329 e. The first-order chi connectivity index (χ1) is 8.66. The molecule has 0 spiro atoms. The van der Waals surface area contributed by atoms with E-state index in [1.165, 1.54) is 0 Å². The lowest BCUT2D eigenvalue weighted by Gasteiger charge is -2.09. The smallest absolute Gasteiger partial charge is 0.132 e. The summed E-state index contributed by atoms with van der Waals surface area (Å²) in [5, 5.41) is 2.04. The summed E-state index contributed by atoms with van der Waals surface area (Å²) in [6, 6.07) is 9.98. The normalized spacial score (nSPS) is 13.1. The van der Waals surface area contributed by atoms with Crippen LogP contribution in [0, 0.1) is 0 Å². The molecule has 1 unspecified atom stereocenters. The Morgan fingerprint density at radius 2 is 2.22 bits per heavy atom. The number of hydrogen-bond donors (Lipinski definition) is 1. The van der Waals surface area contributed by atoms with Crippen LogP contribution >= 0.6 is 27.3 Å². The molecular weight excluding hydrogens is 310 g/mol. The van der Waals surface area contributed by atoms with Gasteiger partial charge in [0.05, 0.1) is 17.1 Å². The molecule has 0 amide bonds. The summed E-state index contributed by atoms with van der Waals surface area (Å²) in [5.41, 5.74) is 8.34. The molecule has 3 nitrogen and oxygen atoms in total. The van der Waals surface area contributed by atoms with Crippen molar-refractivity contribution in [2.24, 2.45) is 12.8 Å². The number of aromatic nitrogens is 2. The molecule has 0 aliphatic heterocycles. The van der Waals surface area contributed by atoms with Gasteiger partial charge in [-0.2, -0.15) is 0 Å². The first-order valence-electron chi connectivity index (χ1n) is 5.57. The summed E-state index contributed by atoms with van der Waals surface area (Å²) in [7, 11) is 2.01. The molecule has 0 aliphatic carbocycles. The Hall–Kier alpha value is -1.17. The lowest BCUT2D eigenvalue weighted by Crippen LogP contribution is -2.15. The minimum Gasteiger partial charge on any atom is -0.329 e. The van der Waals surface area contributed by atoms with Gasteiger partial charge < -0.3 is 10.3 Å². The fourth-order valence-corrected chi connectivity index (χ4v) is 3.14. The Bertz CT molecular complexity index is 688. The summed E-state index contributed by atoms with van der Waals surface area (Å²) in [5.74, 6) is 0.894. The second-order valence-electron chi connectivity index (χ2n) is 4.16. The Morgan fingerprint density at radius 1 is 1.39 bits per heavy atom. The van der Waals surface area contributed by atoms with E-state index in [1.807, 2.05) is 36.7 Å². The number of nitrogens with zero attached hydrogens (tertiary/aromatic N) is 2. The molecule has 5 heteroatoms. The number of rotatable bonds is 2. The molecule has 3 aromatic rings. The number of nitrogens with two attached hydrogens (primary N) is 1. The zero-order chi connectivity index (χ0) is 12.7. The van der Waals surface area contributed by atoms with Gasteiger partial charge in [-0.1, -0.05) is 22.0 Å². The van der Waals surface area contributed by atoms with Crippen molar-refractivity contribution in [3.05, 3.63) is 50.9 Å². The van der Waals surface area contributed by atoms with Crippen LogP contribution in [0.4, 0.5) is 0 Å². The number of thiophene rings is 1. The molecule has 0 radical (unpaired) electrons. The van der Waals surface area contributed by atoms with Gasteiger partial charge in [-0.05, 0) is 29.6 Å². The van der Waals surface area contributed by atoms with E-state index in [4.69, 9.17) is 5.73 Å². The summed E-state index contributed by atoms with van der Waals surface area (Å²) in [6.45, 7) is 0. The van der Waals surface area contributed by atoms with Crippen LogP contribution in [-0.4, -0.2) is 9.55 Å². The molecular formula is C13H12BrN3S. The minimum atomic E-state index is -0.166. The maximum absolute atomic E-state index is 6.28. The van der Waals surface area contributed by atoms with E-state index in [9.17, 15) is 0 Å². The maximum Gasteiger partial charge on any atom is 0.132 e. The molecule has 2 aromatic heterocycles. The maximum atomic E-state index is 6.28. The zero-order valence-corrected chi connectivity index (χ0v) is 12.2. The van der Waals surface area contributed by atoms with E-state index in [1.54, 1.807) is 11.3 Å². The van der Waals surface area contributed by atoms with Crippen LogP contribution < -0.4 is 5.73 Å². The van der Waals surface area contributed by atoms with Crippen molar-refractivity contribution >= 4 is 38.3 Å². The van der Waals surface area contributed by atoms with Crippen LogP contribution in [0.3, 0.4) is 0 Å². The van der Waals surface area contributed by atoms with E-state index in [-0.39, 0.29) is 6.04 Å². The summed E-state index contributed by atoms with van der Waals surface area (Å²) < 4.78 is 3.09. The van der Waals surface area contributed by atoms with Gasteiger partial charge in [0.2, 0.25) is 0 Å². The van der Waals surface area contributed by atoms with Gasteiger partial charge in [-0.15, -0.1) is 11.3 Å². The molecule has 2 N–H and O–H groups in total. The third-order valence-corrected chi connectivity index (χ3v) is 4.45. The highest BCUT2D eigenvalue weighted by atomic mass is 79.9. The average molecular weight is 322 g/mol. The second-order valence-corrected chi connectivity index (χ2v) is 6.05. The Kier molecular flexibility index (Phi) is 2.97. The quantitative estimate of drug-likeness (QED) is 0.785. The fourth-order valence-electron chi connectivity index (χ4n) is 2.07. The number of halogens is 1. The molecule has 2 heterocycles. The third-order valence-electron chi connectivity index (χ3n) is 3.01. The van der Waals surface area contributed by atoms with Crippen LogP contribution in [0.15, 0.2) is 40.2 Å². The Balaban J connectivity index is 2.15. The van der Waals surface area contributed by atoms with Crippen molar-refractivity contribution in [2.45, 2.75) is 6.04 Å². The van der Waals surface area contributed by atoms with E-state index in [2.05, 4.69) is 31.5 Å². The predicted octanol–water partition coefficient (Wildman–Crippen LogP) is 3.45. The van der Waals surface area contributed by atoms with E-state index in [0.717, 1.165) is 26.2 Å². The second kappa shape index (κ2) is 4.50. The first kappa shape index (κ1) is 11.9. The SMILES string of the molecule is Cn1c(C(N)c2cccs2)nc2cc(Br)ccc21. The molecule has 1 atom stereocenters. The van der Waals surface area contributed by atoms with E-state index >= 15 is 0 Å². The number of benzene rings is 1. The van der Waals surface area contributed by atoms with Crippen molar-refractivity contribution in [2.75, 3.05) is 0 Å². The van der Waals surface area contributed by atoms with Crippen LogP contribution in [-0.2, 0) is 7.05 Å². The topological polar surface area (TPSA) is 43.8 Å². The molecule has 18 heavy (non-hydrogen) atoms. The lowest BCUT2D eigenvalue weighted by molar-refractivity contribution is 0.738. The van der Waals surface area contributed by atoms with Gasteiger partial charge in [0.1, 0.15) is 5.82 Å². The number of imidazole rings is 1. The van der Waals surface area contributed by atoms with Crippen LogP contribution in [0.1, 0.15) is 16.7 Å². The summed E-state index contributed by atoms with van der Waals surface area (Å²) >= 11 is 5.12. The third kappa shape index (κ3) is 1.88. The van der Waals surface area contributed by atoms with Crippen molar-refractivity contribution in [3.8, 4) is 0 Å². The Morgan fingerprint density at radius 3 is 2.94 bits per heavy atom. The monoisotopic (exact) mass is 321 g/mol. The first-order valence-corrected chi connectivity index (χ1v) is 7.25. The van der Waals surface area contributed by atoms with Crippen molar-refractivity contribution in [3.63, 3.8) is 0 Å². The molecule has 92 valence electrons. The van der Waals surface area contributed by atoms with Crippen LogP contribution in [0.25, 0.3) is 11.0 Å². The van der Waals surface area contributed by atoms with E-state index in [0.29, 0.717) is 0 Å². The van der Waals surface area contributed by atoms with Gasteiger partial charge in [-0.3, -0.25) is 0 Å². The molecule has 0 saturated carbocycles. The zero-order valence-electron chi connectivity index (χ0n) is 9.80. The predicted molar refractivity (Wildman–Crippen MR) is 78.8 cm³/mol.